The zero-order valence-corrected chi connectivity index (χ0v) is 13.5. The molecular weight excluding hydrogens is 274 g/mol. The number of benzene rings is 1. The smallest absolute Gasteiger partial charge is 0.0681 e. The Morgan fingerprint density at radius 2 is 1.82 bits per heavy atom. The van der Waals surface area contributed by atoms with E-state index in [2.05, 4.69) is 36.1 Å². The van der Waals surface area contributed by atoms with Crippen molar-refractivity contribution in [2.24, 2.45) is 5.41 Å². The molecule has 0 radical (unpaired) electrons. The van der Waals surface area contributed by atoms with Crippen LogP contribution in [0.15, 0.2) is 24.3 Å². The lowest BCUT2D eigenvalue weighted by atomic mass is 9.58. The van der Waals surface area contributed by atoms with Gasteiger partial charge >= 0.3 is 0 Å². The molecule has 0 aromatic heterocycles. The standard InChI is InChI=1S/C19H27NO2/c1-2-22-18-13-17(21)19(18)7-9-20(10-8-19)16-11-14-5-3-4-6-15(14)12-16/h3-6,16-18,21H,2,7-13H2,1H3/t17-,18+/m1/s1. The lowest BCUT2D eigenvalue weighted by Gasteiger charge is -2.57. The highest BCUT2D eigenvalue weighted by Crippen LogP contribution is 2.51. The van der Waals surface area contributed by atoms with Crippen molar-refractivity contribution < 1.29 is 9.84 Å². The van der Waals surface area contributed by atoms with Gasteiger partial charge in [-0.2, -0.15) is 0 Å². The minimum Gasteiger partial charge on any atom is -0.392 e. The number of aliphatic hydroxyl groups excluding tert-OH is 1. The summed E-state index contributed by atoms with van der Waals surface area (Å²) in [6, 6.07) is 9.54. The fraction of sp³-hybridized carbons (Fsp3) is 0.684. The number of rotatable bonds is 3. The fourth-order valence-corrected chi connectivity index (χ4v) is 4.92. The number of aliphatic hydroxyl groups is 1. The summed E-state index contributed by atoms with van der Waals surface area (Å²) in [5, 5.41) is 10.3. The summed E-state index contributed by atoms with van der Waals surface area (Å²) in [5.74, 6) is 0. The van der Waals surface area contributed by atoms with Gasteiger partial charge in [0, 0.05) is 24.5 Å². The zero-order valence-electron chi connectivity index (χ0n) is 13.5. The molecule has 3 nitrogen and oxygen atoms in total. The number of fused-ring (bicyclic) bond motifs is 1. The van der Waals surface area contributed by atoms with Gasteiger partial charge in [-0.15, -0.1) is 0 Å². The first-order valence-electron chi connectivity index (χ1n) is 8.83. The molecule has 2 aliphatic carbocycles. The van der Waals surface area contributed by atoms with E-state index in [0.717, 1.165) is 39.0 Å². The van der Waals surface area contributed by atoms with Gasteiger partial charge in [-0.1, -0.05) is 24.3 Å². The maximum atomic E-state index is 10.3. The Kier molecular flexibility index (Phi) is 3.75. The Balaban J connectivity index is 1.39. The topological polar surface area (TPSA) is 32.7 Å². The van der Waals surface area contributed by atoms with Crippen LogP contribution >= 0.6 is 0 Å². The molecule has 1 saturated heterocycles. The summed E-state index contributed by atoms with van der Waals surface area (Å²) in [4.78, 5) is 2.65. The summed E-state index contributed by atoms with van der Waals surface area (Å²) >= 11 is 0. The van der Waals surface area contributed by atoms with E-state index in [1.54, 1.807) is 0 Å². The van der Waals surface area contributed by atoms with Crippen molar-refractivity contribution in [3.05, 3.63) is 35.4 Å². The van der Waals surface area contributed by atoms with Crippen LogP contribution in [0.3, 0.4) is 0 Å². The second-order valence-electron chi connectivity index (χ2n) is 7.30. The molecule has 0 bridgehead atoms. The molecule has 1 aliphatic heterocycles. The summed E-state index contributed by atoms with van der Waals surface area (Å²) in [6.07, 6.45) is 5.55. The SMILES string of the molecule is CCO[C@H]1C[C@@H](O)C12CCN(C1Cc3ccccc3C1)CC2. The van der Waals surface area contributed by atoms with Crippen LogP contribution in [0.4, 0.5) is 0 Å². The lowest BCUT2D eigenvalue weighted by molar-refractivity contribution is -0.211. The average Bonchev–Trinajstić information content (AvgIpc) is 2.99. The summed E-state index contributed by atoms with van der Waals surface area (Å²) in [5.41, 5.74) is 3.12. The quantitative estimate of drug-likeness (QED) is 0.930. The Bertz CT molecular complexity index is 509. The van der Waals surface area contributed by atoms with Crippen molar-refractivity contribution in [3.8, 4) is 0 Å². The van der Waals surface area contributed by atoms with E-state index in [1.165, 1.54) is 24.0 Å². The molecule has 1 aromatic carbocycles. The van der Waals surface area contributed by atoms with Gasteiger partial charge in [0.25, 0.3) is 0 Å². The highest BCUT2D eigenvalue weighted by Gasteiger charge is 2.56. The predicted octanol–water partition coefficient (Wildman–Crippen LogP) is 2.41. The third-order valence-electron chi connectivity index (χ3n) is 6.38. The maximum absolute atomic E-state index is 10.3. The molecule has 1 heterocycles. The van der Waals surface area contributed by atoms with E-state index < -0.39 is 0 Å². The van der Waals surface area contributed by atoms with Crippen LogP contribution in [-0.4, -0.2) is 48.0 Å². The van der Waals surface area contributed by atoms with Crippen molar-refractivity contribution in [2.45, 2.75) is 57.3 Å². The number of piperidine rings is 1. The first-order chi connectivity index (χ1) is 10.7. The zero-order chi connectivity index (χ0) is 15.2. The van der Waals surface area contributed by atoms with Crippen molar-refractivity contribution in [3.63, 3.8) is 0 Å². The van der Waals surface area contributed by atoms with Crippen molar-refractivity contribution in [1.29, 1.82) is 0 Å². The molecule has 3 heteroatoms. The highest BCUT2D eigenvalue weighted by molar-refractivity contribution is 5.33. The van der Waals surface area contributed by atoms with E-state index in [4.69, 9.17) is 4.74 Å². The molecular formula is C19H27NO2. The molecule has 3 aliphatic rings. The molecule has 4 rings (SSSR count). The molecule has 120 valence electrons. The monoisotopic (exact) mass is 301 g/mol. The lowest BCUT2D eigenvalue weighted by Crippen LogP contribution is -2.63. The maximum Gasteiger partial charge on any atom is 0.0681 e. The number of ether oxygens (including phenoxy) is 1. The van der Waals surface area contributed by atoms with E-state index in [9.17, 15) is 5.11 Å². The molecule has 1 saturated carbocycles. The molecule has 1 spiro atoms. The van der Waals surface area contributed by atoms with Crippen LogP contribution in [0.25, 0.3) is 0 Å². The Morgan fingerprint density at radius 3 is 2.36 bits per heavy atom. The number of hydrogen-bond acceptors (Lipinski definition) is 3. The normalized spacial score (nSPS) is 31.2. The van der Waals surface area contributed by atoms with Crippen LogP contribution in [0.2, 0.25) is 0 Å². The van der Waals surface area contributed by atoms with E-state index >= 15 is 0 Å². The van der Waals surface area contributed by atoms with Crippen LogP contribution < -0.4 is 0 Å². The number of nitrogens with zero attached hydrogens (tertiary/aromatic N) is 1. The Morgan fingerprint density at radius 1 is 1.18 bits per heavy atom. The van der Waals surface area contributed by atoms with E-state index in [-0.39, 0.29) is 17.6 Å². The Hall–Kier alpha value is -0.900. The van der Waals surface area contributed by atoms with E-state index in [1.807, 2.05) is 0 Å². The van der Waals surface area contributed by atoms with Gasteiger partial charge in [-0.25, -0.2) is 0 Å². The second-order valence-corrected chi connectivity index (χ2v) is 7.30. The Labute approximate surface area is 133 Å². The van der Waals surface area contributed by atoms with Gasteiger partial charge in [0.15, 0.2) is 0 Å². The number of likely N-dealkylation sites (tertiary alicyclic amines) is 1. The summed E-state index contributed by atoms with van der Waals surface area (Å²) in [6.45, 7) is 5.04. The minimum atomic E-state index is -0.146. The predicted molar refractivity (Wildman–Crippen MR) is 86.9 cm³/mol. The van der Waals surface area contributed by atoms with Crippen LogP contribution in [0, 0.1) is 5.41 Å². The van der Waals surface area contributed by atoms with Gasteiger partial charge in [0.2, 0.25) is 0 Å². The van der Waals surface area contributed by atoms with Crippen molar-refractivity contribution in [1.82, 2.24) is 4.90 Å². The average molecular weight is 301 g/mol. The molecule has 2 atom stereocenters. The van der Waals surface area contributed by atoms with E-state index in [0.29, 0.717) is 6.04 Å². The second kappa shape index (κ2) is 5.63. The van der Waals surface area contributed by atoms with Crippen molar-refractivity contribution in [2.75, 3.05) is 19.7 Å². The van der Waals surface area contributed by atoms with Crippen molar-refractivity contribution >= 4 is 0 Å². The van der Waals surface area contributed by atoms with Gasteiger partial charge < -0.3 is 9.84 Å². The molecule has 2 fully saturated rings. The van der Waals surface area contributed by atoms with Gasteiger partial charge in [-0.05, 0) is 56.8 Å². The third-order valence-corrected chi connectivity index (χ3v) is 6.38. The molecule has 1 aromatic rings. The van der Waals surface area contributed by atoms with Crippen LogP contribution in [0.1, 0.15) is 37.3 Å². The molecule has 1 N–H and O–H groups in total. The van der Waals surface area contributed by atoms with Crippen LogP contribution in [0.5, 0.6) is 0 Å². The van der Waals surface area contributed by atoms with Gasteiger partial charge in [0.1, 0.15) is 0 Å². The molecule has 22 heavy (non-hydrogen) atoms. The summed E-state index contributed by atoms with van der Waals surface area (Å²) < 4.78 is 5.87. The van der Waals surface area contributed by atoms with Crippen LogP contribution in [-0.2, 0) is 17.6 Å². The molecule has 0 unspecified atom stereocenters. The third kappa shape index (κ3) is 2.22. The fourth-order valence-electron chi connectivity index (χ4n) is 4.92. The van der Waals surface area contributed by atoms with Gasteiger partial charge in [-0.3, -0.25) is 4.90 Å². The van der Waals surface area contributed by atoms with Gasteiger partial charge in [0.05, 0.1) is 12.2 Å². The first kappa shape index (κ1) is 14.7. The highest BCUT2D eigenvalue weighted by atomic mass is 16.5. The number of hydrogen-bond donors (Lipinski definition) is 1. The molecule has 0 amide bonds. The first-order valence-corrected chi connectivity index (χ1v) is 8.83. The summed E-state index contributed by atoms with van der Waals surface area (Å²) in [7, 11) is 0. The minimum absolute atomic E-state index is 0.0535. The largest absolute Gasteiger partial charge is 0.392 e.